The Kier molecular flexibility index (Phi) is 2.15. The van der Waals surface area contributed by atoms with Crippen molar-refractivity contribution < 1.29 is 14.6 Å². The Morgan fingerprint density at radius 2 is 2.50 bits per heavy atom. The Balaban J connectivity index is 2.09. The lowest BCUT2D eigenvalue weighted by atomic mass is 10.3. The molecule has 2 rings (SSSR count). The fourth-order valence-electron chi connectivity index (χ4n) is 1.20. The van der Waals surface area contributed by atoms with Crippen molar-refractivity contribution in [2.24, 2.45) is 13.0 Å². The van der Waals surface area contributed by atoms with E-state index in [0.29, 0.717) is 12.5 Å². The van der Waals surface area contributed by atoms with Gasteiger partial charge in [-0.3, -0.25) is 4.68 Å². The summed E-state index contributed by atoms with van der Waals surface area (Å²) in [7, 11) is 1.68. The van der Waals surface area contributed by atoms with Crippen molar-refractivity contribution in [3.8, 4) is 5.88 Å². The van der Waals surface area contributed by atoms with Gasteiger partial charge in [0.1, 0.15) is 5.56 Å². The molecular weight excluding hydrogens is 184 g/mol. The number of aryl methyl sites for hydroxylation is 1. The quantitative estimate of drug-likeness (QED) is 0.777. The predicted octanol–water partition coefficient (Wildman–Crippen LogP) is 0.907. The van der Waals surface area contributed by atoms with Gasteiger partial charge in [-0.2, -0.15) is 0 Å². The number of carboxylic acids is 1. The molecule has 0 saturated heterocycles. The number of carbonyl (C=O) groups is 1. The molecule has 0 bridgehead atoms. The van der Waals surface area contributed by atoms with Crippen LogP contribution in [0.5, 0.6) is 5.88 Å². The number of aromatic nitrogens is 2. The third-order valence-electron chi connectivity index (χ3n) is 2.18. The molecule has 5 nitrogen and oxygen atoms in total. The molecule has 1 heterocycles. The van der Waals surface area contributed by atoms with Gasteiger partial charge in [0.2, 0.25) is 5.88 Å². The Morgan fingerprint density at radius 1 is 1.79 bits per heavy atom. The van der Waals surface area contributed by atoms with Crippen LogP contribution in [0.25, 0.3) is 0 Å². The molecular formula is C9H12N2O3. The summed E-state index contributed by atoms with van der Waals surface area (Å²) in [5.41, 5.74) is 0.133. The van der Waals surface area contributed by atoms with Gasteiger partial charge in [0.25, 0.3) is 0 Å². The second-order valence-corrected chi connectivity index (χ2v) is 3.58. The van der Waals surface area contributed by atoms with Crippen molar-refractivity contribution in [1.82, 2.24) is 9.78 Å². The van der Waals surface area contributed by atoms with Crippen LogP contribution in [-0.4, -0.2) is 27.5 Å². The smallest absolute Gasteiger partial charge is 0.342 e. The zero-order valence-electron chi connectivity index (χ0n) is 7.93. The Hall–Kier alpha value is -1.52. The van der Waals surface area contributed by atoms with Crippen molar-refractivity contribution in [3.63, 3.8) is 0 Å². The summed E-state index contributed by atoms with van der Waals surface area (Å²) in [4.78, 5) is 10.8. The van der Waals surface area contributed by atoms with E-state index >= 15 is 0 Å². The summed E-state index contributed by atoms with van der Waals surface area (Å²) in [6.45, 7) is 0.581. The van der Waals surface area contributed by atoms with E-state index in [2.05, 4.69) is 5.10 Å². The van der Waals surface area contributed by atoms with Crippen molar-refractivity contribution >= 4 is 5.97 Å². The molecule has 0 aliphatic heterocycles. The average molecular weight is 196 g/mol. The van der Waals surface area contributed by atoms with E-state index < -0.39 is 5.97 Å². The van der Waals surface area contributed by atoms with Gasteiger partial charge in [0.15, 0.2) is 0 Å². The van der Waals surface area contributed by atoms with E-state index in [1.807, 2.05) is 0 Å². The van der Waals surface area contributed by atoms with Gasteiger partial charge in [0, 0.05) is 13.2 Å². The van der Waals surface area contributed by atoms with Gasteiger partial charge in [-0.15, -0.1) is 5.10 Å². The molecule has 0 radical (unpaired) electrons. The highest BCUT2D eigenvalue weighted by molar-refractivity contribution is 5.89. The largest absolute Gasteiger partial charge is 0.477 e. The number of hydrogen-bond acceptors (Lipinski definition) is 3. The molecule has 1 N–H and O–H groups in total. The molecule has 5 heteroatoms. The maximum absolute atomic E-state index is 10.8. The minimum absolute atomic E-state index is 0.133. The number of hydrogen-bond donors (Lipinski definition) is 1. The number of rotatable bonds is 4. The van der Waals surface area contributed by atoms with E-state index in [0.717, 1.165) is 0 Å². The van der Waals surface area contributed by atoms with Crippen molar-refractivity contribution in [3.05, 3.63) is 11.8 Å². The second kappa shape index (κ2) is 3.32. The Labute approximate surface area is 81.3 Å². The first-order valence-corrected chi connectivity index (χ1v) is 4.56. The molecule has 76 valence electrons. The van der Waals surface area contributed by atoms with Crippen LogP contribution in [0.3, 0.4) is 0 Å². The molecule has 1 fully saturated rings. The molecule has 0 atom stereocenters. The van der Waals surface area contributed by atoms with Crippen molar-refractivity contribution in [2.75, 3.05) is 6.61 Å². The van der Waals surface area contributed by atoms with Crippen LogP contribution < -0.4 is 4.74 Å². The van der Waals surface area contributed by atoms with E-state index in [1.165, 1.54) is 23.7 Å². The number of carboxylic acid groups (broad SMARTS) is 1. The fourth-order valence-corrected chi connectivity index (χ4v) is 1.20. The number of ether oxygens (including phenoxy) is 1. The summed E-state index contributed by atoms with van der Waals surface area (Å²) in [5, 5.41) is 12.8. The van der Waals surface area contributed by atoms with E-state index in [1.54, 1.807) is 7.05 Å². The summed E-state index contributed by atoms with van der Waals surface area (Å²) in [6, 6.07) is 0. The van der Waals surface area contributed by atoms with Gasteiger partial charge in [-0.05, 0) is 18.8 Å². The standard InChI is InChI=1S/C9H12N2O3/c1-11-4-7(9(12)13)8(10-11)14-5-6-2-3-6/h4,6H,2-3,5H2,1H3,(H,12,13). The molecule has 1 aromatic rings. The van der Waals surface area contributed by atoms with Gasteiger partial charge >= 0.3 is 5.97 Å². The zero-order valence-corrected chi connectivity index (χ0v) is 7.93. The first-order valence-electron chi connectivity index (χ1n) is 4.56. The number of nitrogens with zero attached hydrogens (tertiary/aromatic N) is 2. The molecule has 0 amide bonds. The Bertz CT molecular complexity index is 355. The SMILES string of the molecule is Cn1cc(C(=O)O)c(OCC2CC2)n1. The van der Waals surface area contributed by atoms with E-state index in [9.17, 15) is 4.79 Å². The van der Waals surface area contributed by atoms with Gasteiger partial charge in [-0.25, -0.2) is 4.79 Å². The molecule has 1 aliphatic rings. The highest BCUT2D eigenvalue weighted by atomic mass is 16.5. The first-order chi connectivity index (χ1) is 6.66. The summed E-state index contributed by atoms with van der Waals surface area (Å²) in [6.07, 6.45) is 3.80. The lowest BCUT2D eigenvalue weighted by molar-refractivity contribution is 0.0692. The van der Waals surface area contributed by atoms with Crippen LogP contribution in [0, 0.1) is 5.92 Å². The molecule has 1 aliphatic carbocycles. The average Bonchev–Trinajstić information content (AvgIpc) is 2.86. The topological polar surface area (TPSA) is 64.4 Å². The maximum atomic E-state index is 10.8. The third kappa shape index (κ3) is 1.86. The monoisotopic (exact) mass is 196 g/mol. The van der Waals surface area contributed by atoms with Crippen LogP contribution in [0.4, 0.5) is 0 Å². The predicted molar refractivity (Wildman–Crippen MR) is 48.4 cm³/mol. The Morgan fingerprint density at radius 3 is 3.07 bits per heavy atom. The minimum atomic E-state index is -0.996. The first kappa shape index (κ1) is 9.05. The van der Waals surface area contributed by atoms with Crippen LogP contribution >= 0.6 is 0 Å². The van der Waals surface area contributed by atoms with Crippen LogP contribution in [0.1, 0.15) is 23.2 Å². The van der Waals surface area contributed by atoms with Gasteiger partial charge < -0.3 is 9.84 Å². The summed E-state index contributed by atoms with van der Waals surface area (Å²) < 4.78 is 6.78. The minimum Gasteiger partial charge on any atom is -0.477 e. The zero-order chi connectivity index (χ0) is 10.1. The normalized spacial score (nSPS) is 15.5. The van der Waals surface area contributed by atoms with Crippen molar-refractivity contribution in [1.29, 1.82) is 0 Å². The van der Waals surface area contributed by atoms with Gasteiger partial charge in [0.05, 0.1) is 6.61 Å². The fraction of sp³-hybridized carbons (Fsp3) is 0.556. The maximum Gasteiger partial charge on any atom is 0.342 e. The molecule has 0 spiro atoms. The number of aromatic carboxylic acids is 1. The lowest BCUT2D eigenvalue weighted by Gasteiger charge is -2.01. The van der Waals surface area contributed by atoms with Crippen LogP contribution in [0.15, 0.2) is 6.20 Å². The highest BCUT2D eigenvalue weighted by Gasteiger charge is 2.24. The molecule has 1 aromatic heterocycles. The lowest BCUT2D eigenvalue weighted by Crippen LogP contribution is -2.04. The van der Waals surface area contributed by atoms with Crippen LogP contribution in [-0.2, 0) is 7.05 Å². The van der Waals surface area contributed by atoms with E-state index in [-0.39, 0.29) is 11.4 Å². The molecule has 1 saturated carbocycles. The van der Waals surface area contributed by atoms with Crippen molar-refractivity contribution in [2.45, 2.75) is 12.8 Å². The molecule has 0 unspecified atom stereocenters. The second-order valence-electron chi connectivity index (χ2n) is 3.58. The summed E-state index contributed by atoms with van der Waals surface area (Å²) in [5.74, 6) is -0.172. The molecule has 14 heavy (non-hydrogen) atoms. The molecule has 0 aromatic carbocycles. The van der Waals surface area contributed by atoms with E-state index in [4.69, 9.17) is 9.84 Å². The summed E-state index contributed by atoms with van der Waals surface area (Å²) >= 11 is 0. The van der Waals surface area contributed by atoms with Crippen LogP contribution in [0.2, 0.25) is 0 Å². The van der Waals surface area contributed by atoms with Gasteiger partial charge in [-0.1, -0.05) is 0 Å². The third-order valence-corrected chi connectivity index (χ3v) is 2.18. The highest BCUT2D eigenvalue weighted by Crippen LogP contribution is 2.29.